The van der Waals surface area contributed by atoms with Crippen LogP contribution < -0.4 is 0 Å². The lowest BCUT2D eigenvalue weighted by atomic mass is 9.96. The van der Waals surface area contributed by atoms with Crippen molar-refractivity contribution in [3.05, 3.63) is 60.2 Å². The fourth-order valence-electron chi connectivity index (χ4n) is 1.91. The standard InChI is InChI=1S/C14H16N2/c1-12(8-13-4-2-6-15-10-13)9-14-5-3-7-16-11-14/h2-7,10-12H,8-9H2,1H3. The number of hydrogen-bond acceptors (Lipinski definition) is 2. The predicted molar refractivity (Wildman–Crippen MR) is 65.0 cm³/mol. The van der Waals surface area contributed by atoms with Crippen molar-refractivity contribution in [3.63, 3.8) is 0 Å². The van der Waals surface area contributed by atoms with Gasteiger partial charge in [-0.05, 0) is 42.0 Å². The Labute approximate surface area is 96.4 Å². The van der Waals surface area contributed by atoms with Gasteiger partial charge in [0, 0.05) is 24.8 Å². The van der Waals surface area contributed by atoms with Gasteiger partial charge in [-0.15, -0.1) is 0 Å². The van der Waals surface area contributed by atoms with Gasteiger partial charge < -0.3 is 0 Å². The number of nitrogens with zero attached hydrogens (tertiary/aromatic N) is 2. The fourth-order valence-corrected chi connectivity index (χ4v) is 1.91. The summed E-state index contributed by atoms with van der Waals surface area (Å²) in [6, 6.07) is 8.25. The van der Waals surface area contributed by atoms with Gasteiger partial charge in [0.2, 0.25) is 0 Å². The van der Waals surface area contributed by atoms with Gasteiger partial charge in [0.25, 0.3) is 0 Å². The third-order valence-electron chi connectivity index (χ3n) is 2.61. The van der Waals surface area contributed by atoms with Gasteiger partial charge in [-0.2, -0.15) is 0 Å². The monoisotopic (exact) mass is 212 g/mol. The molecule has 0 saturated carbocycles. The third kappa shape index (κ3) is 3.16. The molecule has 2 nitrogen and oxygen atoms in total. The van der Waals surface area contributed by atoms with E-state index in [1.54, 1.807) is 0 Å². The molecule has 0 aliphatic rings. The number of rotatable bonds is 4. The molecular weight excluding hydrogens is 196 g/mol. The minimum atomic E-state index is 0.619. The van der Waals surface area contributed by atoms with Crippen molar-refractivity contribution in [3.8, 4) is 0 Å². The number of pyridine rings is 2. The van der Waals surface area contributed by atoms with Crippen molar-refractivity contribution in [2.45, 2.75) is 19.8 Å². The summed E-state index contributed by atoms with van der Waals surface area (Å²) in [4.78, 5) is 8.26. The maximum atomic E-state index is 4.13. The minimum absolute atomic E-state index is 0.619. The molecule has 16 heavy (non-hydrogen) atoms. The van der Waals surface area contributed by atoms with Crippen LogP contribution in [0.15, 0.2) is 49.1 Å². The lowest BCUT2D eigenvalue weighted by Crippen LogP contribution is -2.04. The van der Waals surface area contributed by atoms with Crippen LogP contribution in [-0.4, -0.2) is 9.97 Å². The molecule has 2 heteroatoms. The Morgan fingerprint density at radius 1 is 0.938 bits per heavy atom. The van der Waals surface area contributed by atoms with Crippen LogP contribution in [0, 0.1) is 5.92 Å². The topological polar surface area (TPSA) is 25.8 Å². The lowest BCUT2D eigenvalue weighted by molar-refractivity contribution is 0.575. The molecule has 82 valence electrons. The van der Waals surface area contributed by atoms with Gasteiger partial charge in [0.1, 0.15) is 0 Å². The third-order valence-corrected chi connectivity index (χ3v) is 2.61. The average molecular weight is 212 g/mol. The molecule has 0 bridgehead atoms. The normalized spacial score (nSPS) is 10.6. The van der Waals surface area contributed by atoms with Crippen LogP contribution in [0.25, 0.3) is 0 Å². The molecule has 0 fully saturated rings. The molecule has 0 spiro atoms. The highest BCUT2D eigenvalue weighted by atomic mass is 14.6. The first-order valence-electron chi connectivity index (χ1n) is 5.62. The molecule has 0 amide bonds. The maximum Gasteiger partial charge on any atom is 0.0299 e. The van der Waals surface area contributed by atoms with Crippen molar-refractivity contribution in [2.75, 3.05) is 0 Å². The predicted octanol–water partition coefficient (Wildman–Crippen LogP) is 2.90. The molecule has 2 aromatic rings. The van der Waals surface area contributed by atoms with Crippen LogP contribution >= 0.6 is 0 Å². The van der Waals surface area contributed by atoms with E-state index in [9.17, 15) is 0 Å². The Kier molecular flexibility index (Phi) is 3.65. The highest BCUT2D eigenvalue weighted by molar-refractivity contribution is 5.12. The first-order valence-corrected chi connectivity index (χ1v) is 5.62. The SMILES string of the molecule is CC(Cc1cccnc1)Cc1cccnc1. The molecule has 2 aromatic heterocycles. The molecule has 0 radical (unpaired) electrons. The number of hydrogen-bond donors (Lipinski definition) is 0. The van der Waals surface area contributed by atoms with Crippen molar-refractivity contribution >= 4 is 0 Å². The largest absolute Gasteiger partial charge is 0.264 e. The van der Waals surface area contributed by atoms with Crippen LogP contribution in [0.3, 0.4) is 0 Å². The molecule has 0 saturated heterocycles. The smallest absolute Gasteiger partial charge is 0.0299 e. The molecule has 0 N–H and O–H groups in total. The van der Waals surface area contributed by atoms with Crippen molar-refractivity contribution in [1.29, 1.82) is 0 Å². The van der Waals surface area contributed by atoms with E-state index in [0.29, 0.717) is 5.92 Å². The Morgan fingerprint density at radius 3 is 1.81 bits per heavy atom. The highest BCUT2D eigenvalue weighted by Crippen LogP contribution is 2.12. The summed E-state index contributed by atoms with van der Waals surface area (Å²) in [5, 5.41) is 0. The molecular formula is C14H16N2. The van der Waals surface area contributed by atoms with E-state index in [1.807, 2.05) is 36.9 Å². The molecule has 2 rings (SSSR count). The summed E-state index contributed by atoms with van der Waals surface area (Å²) in [7, 11) is 0. The average Bonchev–Trinajstić information content (AvgIpc) is 2.31. The van der Waals surface area contributed by atoms with E-state index in [-0.39, 0.29) is 0 Å². The summed E-state index contributed by atoms with van der Waals surface area (Å²) in [6.07, 6.45) is 9.66. The van der Waals surface area contributed by atoms with Crippen LogP contribution in [0.1, 0.15) is 18.1 Å². The highest BCUT2D eigenvalue weighted by Gasteiger charge is 2.04. The van der Waals surface area contributed by atoms with Gasteiger partial charge in [0.05, 0.1) is 0 Å². The van der Waals surface area contributed by atoms with E-state index >= 15 is 0 Å². The van der Waals surface area contributed by atoms with Crippen LogP contribution in [0.5, 0.6) is 0 Å². The van der Waals surface area contributed by atoms with Crippen LogP contribution in [-0.2, 0) is 12.8 Å². The summed E-state index contributed by atoms with van der Waals surface area (Å²) < 4.78 is 0. The van der Waals surface area contributed by atoms with E-state index in [1.165, 1.54) is 11.1 Å². The minimum Gasteiger partial charge on any atom is -0.264 e. The van der Waals surface area contributed by atoms with Gasteiger partial charge in [-0.25, -0.2) is 0 Å². The summed E-state index contributed by atoms with van der Waals surface area (Å²) in [5.41, 5.74) is 2.61. The molecule has 0 atom stereocenters. The Morgan fingerprint density at radius 2 is 1.44 bits per heavy atom. The summed E-state index contributed by atoms with van der Waals surface area (Å²) in [5.74, 6) is 0.619. The Balaban J connectivity index is 1.92. The Bertz CT molecular complexity index is 370. The van der Waals surface area contributed by atoms with Gasteiger partial charge in [-0.3, -0.25) is 9.97 Å². The van der Waals surface area contributed by atoms with Crippen LogP contribution in [0.4, 0.5) is 0 Å². The maximum absolute atomic E-state index is 4.13. The second kappa shape index (κ2) is 5.40. The second-order valence-corrected chi connectivity index (χ2v) is 4.24. The second-order valence-electron chi connectivity index (χ2n) is 4.24. The Hall–Kier alpha value is -1.70. The zero-order valence-electron chi connectivity index (χ0n) is 9.50. The zero-order chi connectivity index (χ0) is 11.2. The quantitative estimate of drug-likeness (QED) is 0.778. The molecule has 0 aliphatic carbocycles. The molecule has 0 aromatic carbocycles. The first-order chi connectivity index (χ1) is 7.84. The van der Waals surface area contributed by atoms with E-state index in [0.717, 1.165) is 12.8 Å². The van der Waals surface area contributed by atoms with E-state index in [4.69, 9.17) is 0 Å². The van der Waals surface area contributed by atoms with Crippen molar-refractivity contribution < 1.29 is 0 Å². The zero-order valence-corrected chi connectivity index (χ0v) is 9.50. The lowest BCUT2D eigenvalue weighted by Gasteiger charge is -2.10. The van der Waals surface area contributed by atoms with Crippen LogP contribution in [0.2, 0.25) is 0 Å². The van der Waals surface area contributed by atoms with Crippen molar-refractivity contribution in [2.24, 2.45) is 5.92 Å². The molecule has 0 unspecified atom stereocenters. The summed E-state index contributed by atoms with van der Waals surface area (Å²) >= 11 is 0. The first kappa shape index (κ1) is 10.8. The summed E-state index contributed by atoms with van der Waals surface area (Å²) in [6.45, 7) is 2.26. The molecule has 2 heterocycles. The van der Waals surface area contributed by atoms with E-state index < -0.39 is 0 Å². The van der Waals surface area contributed by atoms with Gasteiger partial charge in [0.15, 0.2) is 0 Å². The van der Waals surface area contributed by atoms with Gasteiger partial charge in [-0.1, -0.05) is 19.1 Å². The number of aromatic nitrogens is 2. The van der Waals surface area contributed by atoms with Gasteiger partial charge >= 0.3 is 0 Å². The van der Waals surface area contributed by atoms with E-state index in [2.05, 4.69) is 29.0 Å². The van der Waals surface area contributed by atoms with Crippen molar-refractivity contribution in [1.82, 2.24) is 9.97 Å². The molecule has 0 aliphatic heterocycles. The fraction of sp³-hybridized carbons (Fsp3) is 0.286.